The first-order valence-corrected chi connectivity index (χ1v) is 5.51. The Morgan fingerprint density at radius 1 is 1.27 bits per heavy atom. The Balaban J connectivity index is 1.79. The molecule has 0 spiro atoms. The van der Waals surface area contributed by atoms with E-state index in [0.717, 1.165) is 32.1 Å². The molecule has 0 aliphatic carbocycles. The molecule has 15 heavy (non-hydrogen) atoms. The van der Waals surface area contributed by atoms with Gasteiger partial charge in [0.25, 0.3) is 0 Å². The fourth-order valence-electron chi connectivity index (χ4n) is 2.37. The lowest BCUT2D eigenvalue weighted by atomic mass is 10.0. The van der Waals surface area contributed by atoms with Crippen molar-refractivity contribution in [2.75, 3.05) is 31.2 Å². The topological polar surface area (TPSA) is 38.2 Å². The number of hydrogen-bond donors (Lipinski definition) is 0. The molecule has 0 radical (unpaired) electrons. The molecule has 0 bridgehead atoms. The van der Waals surface area contributed by atoms with Crippen LogP contribution in [0.15, 0.2) is 12.4 Å². The number of hydrogen-bond acceptors (Lipinski definition) is 4. The van der Waals surface area contributed by atoms with E-state index >= 15 is 0 Å². The Morgan fingerprint density at radius 2 is 2.00 bits per heavy atom. The van der Waals surface area contributed by atoms with E-state index in [-0.39, 0.29) is 0 Å². The van der Waals surface area contributed by atoms with Crippen LogP contribution >= 0.6 is 11.6 Å². The first kappa shape index (κ1) is 9.36. The SMILES string of the molecule is Clc1cc(N2CC3COCC3C2)ncn1. The first-order chi connectivity index (χ1) is 7.33. The number of anilines is 1. The first-order valence-electron chi connectivity index (χ1n) is 5.13. The van der Waals surface area contributed by atoms with Crippen LogP contribution < -0.4 is 4.90 Å². The largest absolute Gasteiger partial charge is 0.381 e. The number of nitrogens with zero attached hydrogens (tertiary/aromatic N) is 3. The van der Waals surface area contributed by atoms with E-state index in [1.54, 1.807) is 0 Å². The van der Waals surface area contributed by atoms with Crippen molar-refractivity contribution in [3.05, 3.63) is 17.5 Å². The molecule has 2 unspecified atom stereocenters. The molecule has 1 aromatic rings. The molecule has 0 saturated carbocycles. The number of ether oxygens (including phenoxy) is 1. The summed E-state index contributed by atoms with van der Waals surface area (Å²) in [6, 6.07) is 1.82. The molecule has 0 N–H and O–H groups in total. The maximum absolute atomic E-state index is 5.84. The van der Waals surface area contributed by atoms with Crippen molar-refractivity contribution in [3.63, 3.8) is 0 Å². The lowest BCUT2D eigenvalue weighted by molar-refractivity contribution is 0.177. The van der Waals surface area contributed by atoms with Crippen LogP contribution in [0.4, 0.5) is 5.82 Å². The number of rotatable bonds is 1. The zero-order valence-corrected chi connectivity index (χ0v) is 9.02. The standard InChI is InChI=1S/C10H12ClN3O/c11-9-1-10(13-6-12-9)14-2-7-4-15-5-8(7)3-14/h1,6-8H,2-5H2. The molecule has 80 valence electrons. The molecule has 0 aromatic carbocycles. The summed E-state index contributed by atoms with van der Waals surface area (Å²) in [5.41, 5.74) is 0. The van der Waals surface area contributed by atoms with Crippen molar-refractivity contribution in [1.82, 2.24) is 9.97 Å². The van der Waals surface area contributed by atoms with Crippen molar-refractivity contribution < 1.29 is 4.74 Å². The van der Waals surface area contributed by atoms with Gasteiger partial charge in [0.1, 0.15) is 17.3 Å². The summed E-state index contributed by atoms with van der Waals surface area (Å²) >= 11 is 5.84. The quantitative estimate of drug-likeness (QED) is 0.674. The fourth-order valence-corrected chi connectivity index (χ4v) is 2.51. The summed E-state index contributed by atoms with van der Waals surface area (Å²) in [7, 11) is 0. The fraction of sp³-hybridized carbons (Fsp3) is 0.600. The molecule has 3 rings (SSSR count). The number of halogens is 1. The van der Waals surface area contributed by atoms with Gasteiger partial charge >= 0.3 is 0 Å². The molecule has 2 saturated heterocycles. The molecular weight excluding hydrogens is 214 g/mol. The normalized spacial score (nSPS) is 29.5. The Bertz CT molecular complexity index is 361. The third-order valence-corrected chi connectivity index (χ3v) is 3.39. The minimum Gasteiger partial charge on any atom is -0.381 e. The number of aromatic nitrogens is 2. The molecule has 2 fully saturated rings. The van der Waals surface area contributed by atoms with E-state index < -0.39 is 0 Å². The third-order valence-electron chi connectivity index (χ3n) is 3.18. The van der Waals surface area contributed by atoms with Crippen LogP contribution in [0.25, 0.3) is 0 Å². The van der Waals surface area contributed by atoms with Crippen LogP contribution in [0, 0.1) is 11.8 Å². The Kier molecular flexibility index (Phi) is 2.25. The van der Waals surface area contributed by atoms with Gasteiger partial charge in [-0.05, 0) is 0 Å². The zero-order valence-electron chi connectivity index (χ0n) is 8.27. The van der Waals surface area contributed by atoms with E-state index in [1.165, 1.54) is 6.33 Å². The van der Waals surface area contributed by atoms with Crippen molar-refractivity contribution in [1.29, 1.82) is 0 Å². The van der Waals surface area contributed by atoms with Gasteiger partial charge in [-0.1, -0.05) is 11.6 Å². The summed E-state index contributed by atoms with van der Waals surface area (Å²) in [5.74, 6) is 2.27. The van der Waals surface area contributed by atoms with Crippen molar-refractivity contribution in [3.8, 4) is 0 Å². The molecule has 2 aliphatic heterocycles. The van der Waals surface area contributed by atoms with Gasteiger partial charge < -0.3 is 9.64 Å². The lowest BCUT2D eigenvalue weighted by Gasteiger charge is -2.17. The van der Waals surface area contributed by atoms with Gasteiger partial charge in [-0.3, -0.25) is 0 Å². The smallest absolute Gasteiger partial charge is 0.134 e. The van der Waals surface area contributed by atoms with E-state index in [2.05, 4.69) is 14.9 Å². The highest BCUT2D eigenvalue weighted by atomic mass is 35.5. The van der Waals surface area contributed by atoms with Gasteiger partial charge in [-0.2, -0.15) is 0 Å². The predicted molar refractivity (Wildman–Crippen MR) is 57.1 cm³/mol. The van der Waals surface area contributed by atoms with Crippen molar-refractivity contribution in [2.45, 2.75) is 0 Å². The minimum absolute atomic E-state index is 0.508. The lowest BCUT2D eigenvalue weighted by Crippen LogP contribution is -2.23. The Hall–Kier alpha value is -0.870. The molecule has 1 aromatic heterocycles. The van der Waals surface area contributed by atoms with E-state index in [0.29, 0.717) is 17.0 Å². The maximum Gasteiger partial charge on any atom is 0.134 e. The molecule has 5 heteroatoms. The van der Waals surface area contributed by atoms with Crippen molar-refractivity contribution >= 4 is 17.4 Å². The van der Waals surface area contributed by atoms with Crippen LogP contribution in [0.2, 0.25) is 5.15 Å². The summed E-state index contributed by atoms with van der Waals surface area (Å²) < 4.78 is 5.43. The predicted octanol–water partition coefficient (Wildman–Crippen LogP) is 1.21. The van der Waals surface area contributed by atoms with E-state index in [4.69, 9.17) is 16.3 Å². The summed E-state index contributed by atoms with van der Waals surface area (Å²) in [5, 5.41) is 0.508. The average molecular weight is 226 g/mol. The Morgan fingerprint density at radius 3 is 2.67 bits per heavy atom. The molecule has 3 heterocycles. The van der Waals surface area contributed by atoms with E-state index in [1.807, 2.05) is 6.07 Å². The molecule has 2 aliphatic rings. The van der Waals surface area contributed by atoms with Crippen LogP contribution in [0.3, 0.4) is 0 Å². The minimum atomic E-state index is 0.508. The third kappa shape index (κ3) is 1.68. The molecule has 2 atom stereocenters. The monoisotopic (exact) mass is 225 g/mol. The van der Waals surface area contributed by atoms with Crippen molar-refractivity contribution in [2.24, 2.45) is 11.8 Å². The number of fused-ring (bicyclic) bond motifs is 1. The summed E-state index contributed by atoms with van der Waals surface area (Å²) in [6.45, 7) is 3.83. The van der Waals surface area contributed by atoms with Gasteiger partial charge in [0.15, 0.2) is 0 Å². The Labute approximate surface area is 93.2 Å². The molecule has 0 amide bonds. The second-order valence-corrected chi connectivity index (χ2v) is 4.55. The highest BCUT2D eigenvalue weighted by molar-refractivity contribution is 6.29. The van der Waals surface area contributed by atoms with Gasteiger partial charge in [0, 0.05) is 31.0 Å². The highest BCUT2D eigenvalue weighted by Gasteiger charge is 2.37. The van der Waals surface area contributed by atoms with Crippen LogP contribution in [0.5, 0.6) is 0 Å². The van der Waals surface area contributed by atoms with Gasteiger partial charge in [-0.25, -0.2) is 9.97 Å². The summed E-state index contributed by atoms with van der Waals surface area (Å²) in [4.78, 5) is 10.4. The second kappa shape index (κ2) is 3.61. The van der Waals surface area contributed by atoms with Gasteiger partial charge in [0.05, 0.1) is 13.2 Å². The van der Waals surface area contributed by atoms with E-state index in [9.17, 15) is 0 Å². The average Bonchev–Trinajstić information content (AvgIpc) is 2.76. The summed E-state index contributed by atoms with van der Waals surface area (Å²) in [6.07, 6.45) is 1.52. The van der Waals surface area contributed by atoms with Crippen LogP contribution in [-0.2, 0) is 4.74 Å². The van der Waals surface area contributed by atoms with Crippen LogP contribution in [-0.4, -0.2) is 36.3 Å². The highest BCUT2D eigenvalue weighted by Crippen LogP contribution is 2.31. The van der Waals surface area contributed by atoms with Crippen LogP contribution in [0.1, 0.15) is 0 Å². The maximum atomic E-state index is 5.84. The molecule has 4 nitrogen and oxygen atoms in total. The molecular formula is C10H12ClN3O. The van der Waals surface area contributed by atoms with Gasteiger partial charge in [-0.15, -0.1) is 0 Å². The second-order valence-electron chi connectivity index (χ2n) is 4.16. The van der Waals surface area contributed by atoms with Gasteiger partial charge in [0.2, 0.25) is 0 Å². The zero-order chi connectivity index (χ0) is 10.3.